The van der Waals surface area contributed by atoms with E-state index in [1.165, 1.54) is 25.3 Å². The van der Waals surface area contributed by atoms with E-state index >= 15 is 0 Å². The molecule has 1 amide bonds. The number of aromatic nitrogens is 4. The van der Waals surface area contributed by atoms with Gasteiger partial charge in [-0.1, -0.05) is 0 Å². The number of carbonyl (C=O) groups is 1. The minimum Gasteiger partial charge on any atom is -0.491 e. The van der Waals surface area contributed by atoms with E-state index < -0.39 is 24.9 Å². The molecule has 1 aliphatic rings. The lowest BCUT2D eigenvalue weighted by atomic mass is 10.0. The van der Waals surface area contributed by atoms with E-state index in [0.717, 1.165) is 10.9 Å². The molecule has 34 heavy (non-hydrogen) atoms. The van der Waals surface area contributed by atoms with E-state index in [1.54, 1.807) is 25.3 Å². The first-order valence-electron chi connectivity index (χ1n) is 10.3. The summed E-state index contributed by atoms with van der Waals surface area (Å²) in [4.78, 5) is 23.4. The third-order valence-electron chi connectivity index (χ3n) is 5.22. The summed E-state index contributed by atoms with van der Waals surface area (Å²) in [6, 6.07) is 3.46. The highest BCUT2D eigenvalue weighted by atomic mass is 19.4. The number of carbonyl (C=O) groups excluding carboxylic acids is 1. The zero-order chi connectivity index (χ0) is 24.6. The largest absolute Gasteiger partial charge is 0.491 e. The summed E-state index contributed by atoms with van der Waals surface area (Å²) in [6.07, 6.45) is -1.46. The highest BCUT2D eigenvalue weighted by molar-refractivity contribution is 6.11. The van der Waals surface area contributed by atoms with Gasteiger partial charge in [0, 0.05) is 25.1 Å². The summed E-state index contributed by atoms with van der Waals surface area (Å²) < 4.78 is 55.3. The Kier molecular flexibility index (Phi) is 6.17. The summed E-state index contributed by atoms with van der Waals surface area (Å²) >= 11 is 0. The molecule has 4 rings (SSSR count). The minimum atomic E-state index is -4.44. The summed E-state index contributed by atoms with van der Waals surface area (Å²) in [6.45, 7) is 2.74. The van der Waals surface area contributed by atoms with Crippen molar-refractivity contribution in [1.29, 1.82) is 0 Å². The number of amides is 1. The number of anilines is 1. The Bertz CT molecular complexity index is 1230. The molecule has 0 aliphatic carbocycles. The molecule has 0 fully saturated rings. The Morgan fingerprint density at radius 2 is 1.94 bits per heavy atom. The molecule has 1 unspecified atom stereocenters. The number of nitrogens with zero attached hydrogens (tertiary/aromatic N) is 5. The molecule has 12 heteroatoms. The molecule has 0 saturated carbocycles. The highest BCUT2D eigenvalue weighted by Crippen LogP contribution is 2.40. The van der Waals surface area contributed by atoms with E-state index in [0.29, 0.717) is 46.3 Å². The first-order chi connectivity index (χ1) is 16.2. The maximum absolute atomic E-state index is 13.2. The molecule has 180 valence electrons. The Balaban J connectivity index is 1.73. The second kappa shape index (κ2) is 8.93. The maximum Gasteiger partial charge on any atom is 0.408 e. The molecule has 0 radical (unpaired) electrons. The van der Waals surface area contributed by atoms with Gasteiger partial charge in [-0.05, 0) is 31.5 Å². The number of fused-ring (bicyclic) bond motifs is 1. The molecule has 3 aromatic heterocycles. The van der Waals surface area contributed by atoms with Crippen LogP contribution in [0.25, 0.3) is 11.3 Å². The number of aryl methyl sites for hydroxylation is 1. The van der Waals surface area contributed by atoms with Gasteiger partial charge < -0.3 is 14.2 Å². The predicted octanol–water partition coefficient (Wildman–Crippen LogP) is 3.92. The lowest BCUT2D eigenvalue weighted by Crippen LogP contribution is -2.28. The number of rotatable bonds is 7. The van der Waals surface area contributed by atoms with Gasteiger partial charge in [-0.25, -0.2) is 9.97 Å². The lowest BCUT2D eigenvalue weighted by molar-refractivity contribution is -0.142. The van der Waals surface area contributed by atoms with Crippen LogP contribution >= 0.6 is 0 Å². The van der Waals surface area contributed by atoms with Gasteiger partial charge in [-0.2, -0.15) is 18.3 Å². The smallest absolute Gasteiger partial charge is 0.408 e. The normalized spacial score (nSPS) is 15.6. The van der Waals surface area contributed by atoms with Crippen molar-refractivity contribution in [3.63, 3.8) is 0 Å². The zero-order valence-corrected chi connectivity index (χ0v) is 18.9. The van der Waals surface area contributed by atoms with Crippen LogP contribution in [0, 0.1) is 6.92 Å². The van der Waals surface area contributed by atoms with Gasteiger partial charge in [0.15, 0.2) is 12.0 Å². The third kappa shape index (κ3) is 4.28. The monoisotopic (exact) mass is 477 g/mol. The minimum absolute atomic E-state index is 0.171. The Morgan fingerprint density at radius 1 is 1.18 bits per heavy atom. The zero-order valence-electron chi connectivity index (χ0n) is 18.9. The van der Waals surface area contributed by atoms with Crippen LogP contribution in [0.2, 0.25) is 0 Å². The quantitative estimate of drug-likeness (QED) is 0.509. The summed E-state index contributed by atoms with van der Waals surface area (Å²) in [5.74, 6) is 0.336. The van der Waals surface area contributed by atoms with Crippen molar-refractivity contribution in [3.8, 4) is 22.9 Å². The number of hydrogen-bond donors (Lipinski definition) is 0. The van der Waals surface area contributed by atoms with Crippen LogP contribution in [0.4, 0.5) is 18.9 Å². The molecular weight excluding hydrogens is 455 g/mol. The van der Waals surface area contributed by atoms with Gasteiger partial charge in [-0.15, -0.1) is 0 Å². The molecule has 1 aliphatic heterocycles. The molecule has 3 aromatic rings. The van der Waals surface area contributed by atoms with Crippen molar-refractivity contribution in [2.45, 2.75) is 32.8 Å². The van der Waals surface area contributed by atoms with Crippen LogP contribution in [0.5, 0.6) is 11.6 Å². The lowest BCUT2D eigenvalue weighted by Gasteiger charge is -2.21. The number of ether oxygens (including phenoxy) is 3. The second-order valence-corrected chi connectivity index (χ2v) is 7.52. The first kappa shape index (κ1) is 23.5. The van der Waals surface area contributed by atoms with Crippen molar-refractivity contribution in [1.82, 2.24) is 19.7 Å². The van der Waals surface area contributed by atoms with Crippen LogP contribution in [-0.2, 0) is 11.3 Å². The fraction of sp³-hybridized carbons (Fsp3) is 0.364. The van der Waals surface area contributed by atoms with Crippen molar-refractivity contribution in [2.75, 3.05) is 25.7 Å². The van der Waals surface area contributed by atoms with E-state index in [1.807, 2.05) is 6.92 Å². The average Bonchev–Trinajstić information content (AvgIpc) is 3.34. The van der Waals surface area contributed by atoms with Crippen LogP contribution in [0.3, 0.4) is 0 Å². The first-order valence-corrected chi connectivity index (χ1v) is 10.3. The highest BCUT2D eigenvalue weighted by Gasteiger charge is 2.42. The van der Waals surface area contributed by atoms with E-state index in [9.17, 15) is 18.0 Å². The van der Waals surface area contributed by atoms with Crippen LogP contribution in [0.15, 0.2) is 30.7 Å². The van der Waals surface area contributed by atoms with E-state index in [-0.39, 0.29) is 5.69 Å². The molecule has 0 aromatic carbocycles. The Morgan fingerprint density at radius 3 is 2.59 bits per heavy atom. The third-order valence-corrected chi connectivity index (χ3v) is 5.22. The summed E-state index contributed by atoms with van der Waals surface area (Å²) in [5.41, 5.74) is 2.62. The standard InChI is InChI=1S/C22H22F3N5O4/c1-5-34-19-16(32-3)7-13(8-26-19)15-6-12(2)17-18(28-15)21(33-4)30(20(17)31)14-9-27-29(10-14)11-22(23,24)25/h6-10,21H,5,11H2,1-4H3. The van der Waals surface area contributed by atoms with E-state index in [2.05, 4.69) is 15.1 Å². The van der Waals surface area contributed by atoms with Gasteiger partial charge in [0.25, 0.3) is 11.8 Å². The van der Waals surface area contributed by atoms with Crippen molar-refractivity contribution >= 4 is 11.6 Å². The van der Waals surface area contributed by atoms with Gasteiger partial charge in [0.2, 0.25) is 0 Å². The molecule has 0 bridgehead atoms. The number of alkyl halides is 3. The molecule has 4 heterocycles. The van der Waals surface area contributed by atoms with Crippen molar-refractivity contribution in [2.24, 2.45) is 0 Å². The number of methoxy groups -OCH3 is 2. The van der Waals surface area contributed by atoms with Crippen LogP contribution in [-0.4, -0.2) is 52.7 Å². The Hall–Kier alpha value is -3.67. The molecule has 1 atom stereocenters. The number of pyridine rings is 2. The van der Waals surface area contributed by atoms with E-state index in [4.69, 9.17) is 14.2 Å². The van der Waals surface area contributed by atoms with Gasteiger partial charge in [-0.3, -0.25) is 14.4 Å². The molecule has 9 nitrogen and oxygen atoms in total. The predicted molar refractivity (Wildman–Crippen MR) is 115 cm³/mol. The maximum atomic E-state index is 13.2. The number of hydrogen-bond acceptors (Lipinski definition) is 7. The van der Waals surface area contributed by atoms with Crippen molar-refractivity contribution < 1.29 is 32.2 Å². The summed E-state index contributed by atoms with van der Waals surface area (Å²) in [5, 5.41) is 3.73. The molecule has 0 spiro atoms. The van der Waals surface area contributed by atoms with Gasteiger partial charge in [0.1, 0.15) is 12.2 Å². The van der Waals surface area contributed by atoms with Gasteiger partial charge in [0.05, 0.1) is 36.9 Å². The SMILES string of the molecule is CCOc1ncc(-c2cc(C)c3c(n2)C(OC)N(c2cnn(CC(F)(F)F)c2)C3=O)cc1OC. The second-order valence-electron chi connectivity index (χ2n) is 7.52. The molecule has 0 saturated heterocycles. The molecular formula is C22H22F3N5O4. The van der Waals surface area contributed by atoms with Gasteiger partial charge >= 0.3 is 6.18 Å². The molecule has 0 N–H and O–H groups in total. The fourth-order valence-corrected chi connectivity index (χ4v) is 3.83. The van der Waals surface area contributed by atoms with Crippen molar-refractivity contribution in [3.05, 3.63) is 47.5 Å². The van der Waals surface area contributed by atoms with Crippen LogP contribution in [0.1, 0.15) is 34.8 Å². The Labute approximate surface area is 193 Å². The summed E-state index contributed by atoms with van der Waals surface area (Å²) in [7, 11) is 2.90. The number of halogens is 3. The average molecular weight is 477 g/mol. The van der Waals surface area contributed by atoms with Crippen LogP contribution < -0.4 is 14.4 Å². The fourth-order valence-electron chi connectivity index (χ4n) is 3.83. The topological polar surface area (TPSA) is 91.6 Å².